The van der Waals surface area contributed by atoms with E-state index in [0.29, 0.717) is 19.4 Å². The molecule has 2 atom stereocenters. The van der Waals surface area contributed by atoms with E-state index in [4.69, 9.17) is 4.74 Å². The average Bonchev–Trinajstić information content (AvgIpc) is 3.49. The maximum atomic E-state index is 12.5. The van der Waals surface area contributed by atoms with Gasteiger partial charge in [0.25, 0.3) is 0 Å². The second-order valence-corrected chi connectivity index (χ2v) is 26.7. The summed E-state index contributed by atoms with van der Waals surface area (Å²) in [5.41, 5.74) is 0. The molecule has 83 heavy (non-hydrogen) atoms. The first-order chi connectivity index (χ1) is 41.0. The molecule has 0 radical (unpaired) electrons. The molecule has 0 aliphatic rings. The molecule has 0 heterocycles. The Morgan fingerprint density at radius 3 is 0.819 bits per heavy atom. The monoisotopic (exact) mass is 1170 g/mol. The van der Waals surface area contributed by atoms with Crippen LogP contribution in [0.25, 0.3) is 0 Å². The molecule has 0 aromatic rings. The Hall–Kier alpha value is -1.40. The van der Waals surface area contributed by atoms with E-state index < -0.39 is 12.1 Å². The lowest BCUT2D eigenvalue weighted by Crippen LogP contribution is -2.45. The molecule has 0 aliphatic carbocycles. The first-order valence-electron chi connectivity index (χ1n) is 38.5. The molecule has 6 heteroatoms. The van der Waals surface area contributed by atoms with Crippen LogP contribution < -0.4 is 5.32 Å². The summed E-state index contributed by atoms with van der Waals surface area (Å²) in [6.45, 7) is 4.96. The molecule has 0 spiro atoms. The molecule has 0 aromatic heterocycles. The molecular formula is C77H151NO5. The van der Waals surface area contributed by atoms with Crippen LogP contribution >= 0.6 is 0 Å². The van der Waals surface area contributed by atoms with E-state index in [9.17, 15) is 19.8 Å². The number of rotatable bonds is 73. The molecule has 1 amide bonds. The predicted octanol–water partition coefficient (Wildman–Crippen LogP) is 25.1. The molecule has 0 rings (SSSR count). The summed E-state index contributed by atoms with van der Waals surface area (Å²) in [5, 5.41) is 23.2. The maximum absolute atomic E-state index is 12.5. The van der Waals surface area contributed by atoms with Gasteiger partial charge in [-0.25, -0.2) is 0 Å². The summed E-state index contributed by atoms with van der Waals surface area (Å²) in [6, 6.07) is -0.624. The van der Waals surface area contributed by atoms with Crippen LogP contribution in [-0.4, -0.2) is 47.4 Å². The van der Waals surface area contributed by atoms with Crippen molar-refractivity contribution < 1.29 is 24.5 Å². The number of ether oxygens (including phenoxy) is 1. The number of aliphatic hydroxyl groups excluding tert-OH is 2. The van der Waals surface area contributed by atoms with Crippen molar-refractivity contribution in [2.75, 3.05) is 13.2 Å². The highest BCUT2D eigenvalue weighted by Crippen LogP contribution is 2.20. The minimum Gasteiger partial charge on any atom is -0.466 e. The summed E-state index contributed by atoms with van der Waals surface area (Å²) in [6.07, 6.45) is 91.8. The Morgan fingerprint density at radius 2 is 0.554 bits per heavy atom. The smallest absolute Gasteiger partial charge is 0.305 e. The molecule has 0 aromatic carbocycles. The fourth-order valence-corrected chi connectivity index (χ4v) is 12.5. The fourth-order valence-electron chi connectivity index (χ4n) is 12.5. The molecule has 0 fully saturated rings. The zero-order chi connectivity index (χ0) is 59.9. The molecule has 6 nitrogen and oxygen atoms in total. The van der Waals surface area contributed by atoms with E-state index in [1.54, 1.807) is 6.08 Å². The Balaban J connectivity index is 3.32. The summed E-state index contributed by atoms with van der Waals surface area (Å²) in [4.78, 5) is 24.6. The van der Waals surface area contributed by atoms with E-state index >= 15 is 0 Å². The first-order valence-corrected chi connectivity index (χ1v) is 38.5. The van der Waals surface area contributed by atoms with E-state index in [0.717, 1.165) is 38.5 Å². The van der Waals surface area contributed by atoms with Gasteiger partial charge in [0.05, 0.1) is 25.4 Å². The number of esters is 1. The number of allylic oxidation sites excluding steroid dienone is 1. The summed E-state index contributed by atoms with van der Waals surface area (Å²) in [7, 11) is 0. The van der Waals surface area contributed by atoms with Crippen LogP contribution in [0.15, 0.2) is 12.2 Å². The third-order valence-electron chi connectivity index (χ3n) is 18.3. The van der Waals surface area contributed by atoms with Crippen molar-refractivity contribution in [3.63, 3.8) is 0 Å². The van der Waals surface area contributed by atoms with Gasteiger partial charge in [-0.15, -0.1) is 0 Å². The third-order valence-corrected chi connectivity index (χ3v) is 18.3. The van der Waals surface area contributed by atoms with Crippen molar-refractivity contribution in [3.05, 3.63) is 12.2 Å². The Kier molecular flexibility index (Phi) is 71.8. The second-order valence-electron chi connectivity index (χ2n) is 26.7. The number of aliphatic hydroxyl groups is 2. The van der Waals surface area contributed by atoms with E-state index in [1.165, 1.54) is 379 Å². The number of amides is 1. The second kappa shape index (κ2) is 73.1. The summed E-state index contributed by atoms with van der Waals surface area (Å²) in [5.74, 6) is -0.0333. The van der Waals surface area contributed by atoms with Crippen LogP contribution in [0.1, 0.15) is 444 Å². The van der Waals surface area contributed by atoms with Gasteiger partial charge in [-0.05, 0) is 32.1 Å². The van der Waals surface area contributed by atoms with Gasteiger partial charge in [0.1, 0.15) is 0 Å². The van der Waals surface area contributed by atoms with Crippen LogP contribution in [0.4, 0.5) is 0 Å². The SMILES string of the molecule is CCCCCCCCCCCCCCCCC/C=C/C(O)C(CO)NC(=O)CCCCCCCCCCCCCCCCCCCCCCCCCCCCCCCCCCOC(=O)CCCCCCCCCCCCCCCCCCC. The summed E-state index contributed by atoms with van der Waals surface area (Å²) < 4.78 is 5.52. The van der Waals surface area contributed by atoms with Gasteiger partial charge in [0.2, 0.25) is 5.91 Å². The predicted molar refractivity (Wildman–Crippen MR) is 366 cm³/mol. The van der Waals surface area contributed by atoms with E-state index in [2.05, 4.69) is 19.2 Å². The topological polar surface area (TPSA) is 95.9 Å². The van der Waals surface area contributed by atoms with E-state index in [-0.39, 0.29) is 18.5 Å². The zero-order valence-electron chi connectivity index (χ0n) is 56.7. The molecule has 494 valence electrons. The van der Waals surface area contributed by atoms with Crippen LogP contribution in [-0.2, 0) is 14.3 Å². The largest absolute Gasteiger partial charge is 0.466 e. The van der Waals surface area contributed by atoms with Gasteiger partial charge < -0.3 is 20.3 Å². The highest BCUT2D eigenvalue weighted by Gasteiger charge is 2.18. The number of unbranched alkanes of at least 4 members (excludes halogenated alkanes) is 62. The maximum Gasteiger partial charge on any atom is 0.305 e. The molecule has 2 unspecified atom stereocenters. The van der Waals surface area contributed by atoms with Gasteiger partial charge in [-0.3, -0.25) is 9.59 Å². The number of hydrogen-bond acceptors (Lipinski definition) is 5. The van der Waals surface area contributed by atoms with E-state index in [1.807, 2.05) is 6.08 Å². The highest BCUT2D eigenvalue weighted by molar-refractivity contribution is 5.76. The standard InChI is InChI=1S/C77H151NO5/c1-3-5-7-9-11-13-15-17-19-37-41-45-49-53-57-61-65-69-75(80)74(73-79)78-76(81)70-66-62-58-54-50-46-42-39-35-33-31-29-27-25-23-21-22-24-26-28-30-32-34-36-40-44-48-52-56-60-64-68-72-83-77(82)71-67-63-59-55-51-47-43-38-20-18-16-14-12-10-8-6-4-2/h65,69,74-75,79-80H,3-64,66-68,70-73H2,1-2H3,(H,78,81)/b69-65+. The lowest BCUT2D eigenvalue weighted by Gasteiger charge is -2.20. The Bertz CT molecular complexity index is 1260. The van der Waals surface area contributed by atoms with Crippen LogP contribution in [0, 0.1) is 0 Å². The van der Waals surface area contributed by atoms with Gasteiger partial charge in [0, 0.05) is 12.8 Å². The first kappa shape index (κ1) is 81.6. The Labute approximate surface area is 520 Å². The van der Waals surface area contributed by atoms with Crippen molar-refractivity contribution in [3.8, 4) is 0 Å². The lowest BCUT2D eigenvalue weighted by molar-refractivity contribution is -0.143. The van der Waals surface area contributed by atoms with Crippen LogP contribution in [0.3, 0.4) is 0 Å². The third kappa shape index (κ3) is 69.6. The average molecular weight is 1170 g/mol. The highest BCUT2D eigenvalue weighted by atomic mass is 16.5. The van der Waals surface area contributed by atoms with Crippen LogP contribution in [0.2, 0.25) is 0 Å². The van der Waals surface area contributed by atoms with Crippen molar-refractivity contribution in [1.29, 1.82) is 0 Å². The molecule has 0 saturated heterocycles. The number of hydrogen-bond donors (Lipinski definition) is 3. The number of carbonyl (C=O) groups is 2. The van der Waals surface area contributed by atoms with Gasteiger partial charge >= 0.3 is 5.97 Å². The number of carbonyl (C=O) groups excluding carboxylic acids is 2. The van der Waals surface area contributed by atoms with Crippen molar-refractivity contribution >= 4 is 11.9 Å². The van der Waals surface area contributed by atoms with Gasteiger partial charge in [-0.1, -0.05) is 411 Å². The molecular weight excluding hydrogens is 1020 g/mol. The van der Waals surface area contributed by atoms with Crippen molar-refractivity contribution in [1.82, 2.24) is 5.32 Å². The fraction of sp³-hybridized carbons (Fsp3) is 0.948. The molecule has 0 aliphatic heterocycles. The normalized spacial score (nSPS) is 12.5. The minimum absolute atomic E-state index is 0.0261. The van der Waals surface area contributed by atoms with Gasteiger partial charge in [-0.2, -0.15) is 0 Å². The van der Waals surface area contributed by atoms with Crippen LogP contribution in [0.5, 0.6) is 0 Å². The van der Waals surface area contributed by atoms with Crippen molar-refractivity contribution in [2.45, 2.75) is 456 Å². The van der Waals surface area contributed by atoms with Gasteiger partial charge in [0.15, 0.2) is 0 Å². The summed E-state index contributed by atoms with van der Waals surface area (Å²) >= 11 is 0. The molecule has 0 saturated carbocycles. The zero-order valence-corrected chi connectivity index (χ0v) is 56.7. The molecule has 0 bridgehead atoms. The Morgan fingerprint density at radius 1 is 0.325 bits per heavy atom. The van der Waals surface area contributed by atoms with Crippen molar-refractivity contribution in [2.24, 2.45) is 0 Å². The number of nitrogens with one attached hydrogen (secondary N) is 1. The molecule has 3 N–H and O–H groups in total. The quantitative estimate of drug-likeness (QED) is 0.0320. The minimum atomic E-state index is -0.841. The lowest BCUT2D eigenvalue weighted by atomic mass is 10.0.